The molecule has 2 amide bonds. The summed E-state index contributed by atoms with van der Waals surface area (Å²) in [5.74, 6) is 3.41. The van der Waals surface area contributed by atoms with E-state index in [-0.39, 0.29) is 11.8 Å². The highest BCUT2D eigenvalue weighted by atomic mass is 16.2. The van der Waals surface area contributed by atoms with E-state index >= 15 is 9.59 Å². The summed E-state index contributed by atoms with van der Waals surface area (Å²) in [5.41, 5.74) is 1.31. The van der Waals surface area contributed by atoms with Crippen LogP contribution in [0.15, 0.2) is 0 Å². The van der Waals surface area contributed by atoms with Gasteiger partial charge < -0.3 is 9.80 Å². The minimum Gasteiger partial charge on any atom is -0.336 e. The summed E-state index contributed by atoms with van der Waals surface area (Å²) in [5, 5.41) is 0. The summed E-state index contributed by atoms with van der Waals surface area (Å²) in [6.07, 6.45) is 22.9. The maximum atomic E-state index is 15.4. The topological polar surface area (TPSA) is 40.6 Å². The average Bonchev–Trinajstić information content (AvgIpc) is 3.08. The maximum absolute atomic E-state index is 15.4. The maximum Gasteiger partial charge on any atom is 0.226 e. The Hall–Kier alpha value is -1.06. The molecular formula is C48H86N2O2. The number of hydrogen-bond donors (Lipinski definition) is 0. The zero-order valence-corrected chi connectivity index (χ0v) is 36.6. The third-order valence-corrected chi connectivity index (χ3v) is 16.2. The summed E-state index contributed by atoms with van der Waals surface area (Å²) < 4.78 is 0. The molecule has 0 heterocycles. The van der Waals surface area contributed by atoms with Gasteiger partial charge in [-0.05, 0) is 161 Å². The number of rotatable bonds is 6. The number of hydrogen-bond acceptors (Lipinski definition) is 2. The summed E-state index contributed by atoms with van der Waals surface area (Å²) in [6.45, 7) is 28.9. The van der Waals surface area contributed by atoms with Crippen molar-refractivity contribution in [3.63, 3.8) is 0 Å². The second-order valence-corrected chi connectivity index (χ2v) is 23.5. The van der Waals surface area contributed by atoms with Crippen LogP contribution in [-0.2, 0) is 9.59 Å². The van der Waals surface area contributed by atoms with Gasteiger partial charge in [-0.3, -0.25) is 9.59 Å². The van der Waals surface area contributed by atoms with Crippen LogP contribution < -0.4 is 0 Å². The molecule has 0 saturated heterocycles. The Morgan fingerprint density at radius 3 is 0.692 bits per heavy atom. The molecule has 52 heavy (non-hydrogen) atoms. The first kappa shape index (κ1) is 42.1. The van der Waals surface area contributed by atoms with E-state index in [0.717, 1.165) is 101 Å². The van der Waals surface area contributed by atoms with Gasteiger partial charge in [0.05, 0.1) is 0 Å². The van der Waals surface area contributed by atoms with E-state index in [2.05, 4.69) is 92.9 Å². The molecule has 5 fully saturated rings. The molecule has 0 radical (unpaired) electrons. The lowest BCUT2D eigenvalue weighted by Gasteiger charge is -2.50. The third kappa shape index (κ3) is 10.0. The Labute approximate surface area is 323 Å². The third-order valence-electron chi connectivity index (χ3n) is 16.2. The number of amides is 2. The largest absolute Gasteiger partial charge is 0.336 e. The lowest BCUT2D eigenvalue weighted by molar-refractivity contribution is -0.157. The Morgan fingerprint density at radius 1 is 0.327 bits per heavy atom. The molecule has 0 aliphatic heterocycles. The molecule has 0 aromatic carbocycles. The lowest BCUT2D eigenvalue weighted by Crippen LogP contribution is -2.57. The van der Waals surface area contributed by atoms with Crippen LogP contribution in [0, 0.1) is 57.2 Å². The van der Waals surface area contributed by atoms with Crippen molar-refractivity contribution in [2.45, 2.75) is 236 Å². The SMILES string of the molecule is CC(C)(C)C1CCC(N(C(=O)C2CCCCC2C(=O)N(C2CCC(C(C)(C)C)CC2)C2CCC(C(C)(C)C)CC2)C2CCC(C(C)(C)C)CC2)CC1. The van der Waals surface area contributed by atoms with Crippen LogP contribution >= 0.6 is 0 Å². The molecule has 2 unspecified atom stereocenters. The van der Waals surface area contributed by atoms with Crippen molar-refractivity contribution < 1.29 is 9.59 Å². The highest BCUT2D eigenvalue weighted by molar-refractivity contribution is 5.88. The van der Waals surface area contributed by atoms with Crippen LogP contribution in [0.5, 0.6) is 0 Å². The quantitative estimate of drug-likeness (QED) is 0.274. The summed E-state index contributed by atoms with van der Waals surface area (Å²) in [6, 6.07) is 1.38. The van der Waals surface area contributed by atoms with E-state index in [9.17, 15) is 0 Å². The number of carbonyl (C=O) groups is 2. The van der Waals surface area contributed by atoms with Crippen LogP contribution in [0.1, 0.15) is 212 Å². The molecule has 5 rings (SSSR count). The highest BCUT2D eigenvalue weighted by Crippen LogP contribution is 2.47. The predicted molar refractivity (Wildman–Crippen MR) is 220 cm³/mol. The lowest BCUT2D eigenvalue weighted by atomic mass is 9.68. The van der Waals surface area contributed by atoms with Gasteiger partial charge in [-0.25, -0.2) is 0 Å². The minimum absolute atomic E-state index is 0.138. The molecule has 5 aliphatic rings. The molecule has 4 heteroatoms. The van der Waals surface area contributed by atoms with Crippen LogP contribution in [0.25, 0.3) is 0 Å². The van der Waals surface area contributed by atoms with E-state index in [1.54, 1.807) is 0 Å². The second kappa shape index (κ2) is 16.6. The summed E-state index contributed by atoms with van der Waals surface area (Å²) >= 11 is 0. The van der Waals surface area contributed by atoms with Crippen molar-refractivity contribution in [1.29, 1.82) is 0 Å². The average molecular weight is 723 g/mol. The Kier molecular flexibility index (Phi) is 13.4. The fourth-order valence-electron chi connectivity index (χ4n) is 12.3. The van der Waals surface area contributed by atoms with Crippen molar-refractivity contribution in [3.05, 3.63) is 0 Å². The van der Waals surface area contributed by atoms with Crippen molar-refractivity contribution in [3.8, 4) is 0 Å². The van der Waals surface area contributed by atoms with E-state index < -0.39 is 0 Å². The fraction of sp³-hybridized carbons (Fsp3) is 0.958. The number of carbonyl (C=O) groups excluding carboxylic acids is 2. The molecule has 0 aromatic heterocycles. The monoisotopic (exact) mass is 723 g/mol. The smallest absolute Gasteiger partial charge is 0.226 e. The summed E-state index contributed by atoms with van der Waals surface area (Å²) in [4.78, 5) is 35.8. The van der Waals surface area contributed by atoms with Gasteiger partial charge in [0.2, 0.25) is 11.8 Å². The first-order valence-electron chi connectivity index (χ1n) is 22.8. The molecule has 300 valence electrons. The molecule has 5 aliphatic carbocycles. The van der Waals surface area contributed by atoms with E-state index in [1.165, 1.54) is 51.4 Å². The first-order valence-corrected chi connectivity index (χ1v) is 22.8. The van der Waals surface area contributed by atoms with Gasteiger partial charge in [-0.1, -0.05) is 95.9 Å². The van der Waals surface area contributed by atoms with Gasteiger partial charge in [-0.2, -0.15) is 0 Å². The van der Waals surface area contributed by atoms with Gasteiger partial charge in [-0.15, -0.1) is 0 Å². The summed E-state index contributed by atoms with van der Waals surface area (Å²) in [7, 11) is 0. The molecule has 0 bridgehead atoms. The Bertz CT molecular complexity index is 987. The van der Waals surface area contributed by atoms with Crippen molar-refractivity contribution in [2.75, 3.05) is 0 Å². The minimum atomic E-state index is -0.138. The van der Waals surface area contributed by atoms with Crippen LogP contribution in [0.4, 0.5) is 0 Å². The first-order chi connectivity index (χ1) is 24.2. The Balaban J connectivity index is 1.40. The molecule has 2 atom stereocenters. The molecule has 4 nitrogen and oxygen atoms in total. The molecule has 0 aromatic rings. The van der Waals surface area contributed by atoms with Gasteiger partial charge in [0.1, 0.15) is 0 Å². The van der Waals surface area contributed by atoms with Crippen LogP contribution in [-0.4, -0.2) is 45.8 Å². The standard InChI is InChI=1S/C48H86N2O2/c1-45(2,3)33-17-25-37(26-18-33)49(38-27-19-34(20-28-38)46(4,5)6)43(51)41-15-13-14-16-42(41)44(52)50(39-29-21-35(22-30-39)47(7,8)9)40-31-23-36(24-32-40)48(10,11)12/h33-42H,13-32H2,1-12H3. The van der Waals surface area contributed by atoms with E-state index in [1.807, 2.05) is 0 Å². The van der Waals surface area contributed by atoms with Gasteiger partial charge in [0, 0.05) is 36.0 Å². The zero-order valence-electron chi connectivity index (χ0n) is 36.6. The van der Waals surface area contributed by atoms with Crippen LogP contribution in [0.2, 0.25) is 0 Å². The normalized spacial score (nSPS) is 35.8. The van der Waals surface area contributed by atoms with Gasteiger partial charge in [0.15, 0.2) is 0 Å². The predicted octanol–water partition coefficient (Wildman–Crippen LogP) is 12.9. The second-order valence-electron chi connectivity index (χ2n) is 23.5. The fourth-order valence-corrected chi connectivity index (χ4v) is 12.3. The Morgan fingerprint density at radius 2 is 0.519 bits per heavy atom. The zero-order chi connectivity index (χ0) is 38.2. The van der Waals surface area contributed by atoms with Crippen molar-refractivity contribution >= 4 is 11.8 Å². The molecular weight excluding hydrogens is 637 g/mol. The molecule has 0 spiro atoms. The van der Waals surface area contributed by atoms with E-state index in [4.69, 9.17) is 0 Å². The highest BCUT2D eigenvalue weighted by Gasteiger charge is 2.48. The van der Waals surface area contributed by atoms with Crippen LogP contribution in [0.3, 0.4) is 0 Å². The van der Waals surface area contributed by atoms with Crippen molar-refractivity contribution in [2.24, 2.45) is 57.2 Å². The molecule has 5 saturated carbocycles. The molecule has 0 N–H and O–H groups in total. The van der Waals surface area contributed by atoms with E-state index in [0.29, 0.717) is 57.6 Å². The van der Waals surface area contributed by atoms with Crippen molar-refractivity contribution in [1.82, 2.24) is 9.80 Å². The number of nitrogens with zero attached hydrogens (tertiary/aromatic N) is 2. The van der Waals surface area contributed by atoms with Gasteiger partial charge in [0.25, 0.3) is 0 Å². The van der Waals surface area contributed by atoms with Gasteiger partial charge >= 0.3 is 0 Å².